The third kappa shape index (κ3) is 3.50. The third-order valence-corrected chi connectivity index (χ3v) is 7.86. The zero-order valence-electron chi connectivity index (χ0n) is 9.48. The normalized spacial score (nSPS) is 13.1. The van der Waals surface area contributed by atoms with E-state index < -0.39 is 17.5 Å². The molecule has 15 heavy (non-hydrogen) atoms. The van der Waals surface area contributed by atoms with Gasteiger partial charge in [0, 0.05) is 19.8 Å². The lowest BCUT2D eigenvalue weighted by Crippen LogP contribution is -2.54. The molecule has 0 spiro atoms. The first-order valence-corrected chi connectivity index (χ1v) is 8.57. The van der Waals surface area contributed by atoms with Crippen LogP contribution < -0.4 is 0 Å². The van der Waals surface area contributed by atoms with E-state index in [2.05, 4.69) is 4.18 Å². The van der Waals surface area contributed by atoms with Gasteiger partial charge in [-0.05, 0) is 20.8 Å². The van der Waals surface area contributed by atoms with E-state index in [1.165, 1.54) is 0 Å². The van der Waals surface area contributed by atoms with Gasteiger partial charge < -0.3 is 13.3 Å². The second kappa shape index (κ2) is 6.56. The van der Waals surface area contributed by atoms with Crippen LogP contribution >= 0.6 is 0 Å². The zero-order chi connectivity index (χ0) is 11.9. The Morgan fingerprint density at radius 1 is 0.933 bits per heavy atom. The molecule has 0 aromatic heterocycles. The molecule has 0 saturated carbocycles. The average molecular weight is 258 g/mol. The van der Waals surface area contributed by atoms with Crippen LogP contribution in [0.3, 0.4) is 0 Å². The Balaban J connectivity index is 5.10. The van der Waals surface area contributed by atoms with Crippen molar-refractivity contribution in [3.05, 3.63) is 0 Å². The summed E-state index contributed by atoms with van der Waals surface area (Å²) in [6.07, 6.45) is 0. The van der Waals surface area contributed by atoms with Crippen molar-refractivity contribution < 1.29 is 25.9 Å². The van der Waals surface area contributed by atoms with Crippen LogP contribution in [-0.4, -0.2) is 43.3 Å². The Kier molecular flexibility index (Phi) is 6.56. The zero-order valence-corrected chi connectivity index (χ0v) is 11.3. The highest BCUT2D eigenvalue weighted by molar-refractivity contribution is 8.16. The largest absolute Gasteiger partial charge is 0.667 e. The summed E-state index contributed by atoms with van der Waals surface area (Å²) in [5, 5.41) is 0. The lowest BCUT2D eigenvalue weighted by Gasteiger charge is -2.25. The summed E-state index contributed by atoms with van der Waals surface area (Å²) in [5.74, 6) is 0. The number of hydrogen-bond donors (Lipinski definition) is 0. The predicted octanol–water partition coefficient (Wildman–Crippen LogP) is 0.508. The molecule has 0 bridgehead atoms. The summed E-state index contributed by atoms with van der Waals surface area (Å²) < 4.78 is 43.2. The Morgan fingerprint density at radius 3 is 1.47 bits per heavy atom. The van der Waals surface area contributed by atoms with Crippen molar-refractivity contribution in [1.82, 2.24) is 0 Å². The molecule has 8 heteroatoms. The minimum absolute atomic E-state index is 0.189. The van der Waals surface area contributed by atoms with Crippen LogP contribution in [0.15, 0.2) is 0 Å². The molecule has 0 fully saturated rings. The Bertz CT molecular complexity index is 248. The molecule has 0 N–H and O–H groups in total. The molecule has 0 unspecified atom stereocenters. The molecule has 0 aromatic rings. The standard InChI is InChI=1S/C7H18O6SSi/c1-5-11-15(12-6-2,13-7-3)14(8,9)10-4/h5-7H2,1-4H3. The van der Waals surface area contributed by atoms with Gasteiger partial charge in [-0.2, -0.15) is 8.42 Å². The molecular formula is C7H18O6SSi. The van der Waals surface area contributed by atoms with Gasteiger partial charge in [-0.15, -0.1) is 0 Å². The molecule has 92 valence electrons. The fourth-order valence-electron chi connectivity index (χ4n) is 0.974. The van der Waals surface area contributed by atoms with Gasteiger partial charge in [0.1, 0.15) is 0 Å². The van der Waals surface area contributed by atoms with E-state index in [4.69, 9.17) is 13.3 Å². The van der Waals surface area contributed by atoms with Gasteiger partial charge in [0.15, 0.2) is 0 Å². The van der Waals surface area contributed by atoms with Crippen LogP contribution in [0.5, 0.6) is 0 Å². The van der Waals surface area contributed by atoms with E-state index in [9.17, 15) is 8.42 Å². The van der Waals surface area contributed by atoms with Gasteiger partial charge in [0.2, 0.25) is 0 Å². The predicted molar refractivity (Wildman–Crippen MR) is 56.6 cm³/mol. The summed E-state index contributed by atoms with van der Waals surface area (Å²) in [6, 6.07) is 0. The molecule has 0 heterocycles. The smallest absolute Gasteiger partial charge is 0.361 e. The van der Waals surface area contributed by atoms with Crippen LogP contribution in [0, 0.1) is 0 Å². The molecule has 0 rings (SSSR count). The van der Waals surface area contributed by atoms with Crippen LogP contribution in [0.2, 0.25) is 0 Å². The highest BCUT2D eigenvalue weighted by atomic mass is 32.4. The second-order valence-electron chi connectivity index (χ2n) is 2.42. The van der Waals surface area contributed by atoms with Gasteiger partial charge in [-0.25, -0.2) is 0 Å². The molecule has 0 saturated heterocycles. The fraction of sp³-hybridized carbons (Fsp3) is 1.00. The molecule has 0 aliphatic rings. The van der Waals surface area contributed by atoms with Crippen molar-refractivity contribution in [3.63, 3.8) is 0 Å². The topological polar surface area (TPSA) is 71.1 Å². The van der Waals surface area contributed by atoms with E-state index in [0.717, 1.165) is 7.11 Å². The molecule has 0 atom stereocenters. The van der Waals surface area contributed by atoms with E-state index in [0.29, 0.717) is 0 Å². The van der Waals surface area contributed by atoms with Crippen molar-refractivity contribution in [2.24, 2.45) is 0 Å². The van der Waals surface area contributed by atoms with Crippen LogP contribution in [0.4, 0.5) is 0 Å². The summed E-state index contributed by atoms with van der Waals surface area (Å²) >= 11 is 0. The van der Waals surface area contributed by atoms with Crippen molar-refractivity contribution in [1.29, 1.82) is 0 Å². The molecule has 0 aliphatic carbocycles. The maximum atomic E-state index is 11.7. The Labute approximate surface area is 91.6 Å². The lowest BCUT2D eigenvalue weighted by atomic mass is 10.9. The molecule has 0 aliphatic heterocycles. The SMILES string of the molecule is CCO[Si](OCC)(OCC)S(=O)(=O)OC. The molecule has 0 amide bonds. The second-order valence-corrected chi connectivity index (χ2v) is 8.53. The van der Waals surface area contributed by atoms with E-state index in [-0.39, 0.29) is 19.8 Å². The summed E-state index contributed by atoms with van der Waals surface area (Å²) in [4.78, 5) is 0. The van der Waals surface area contributed by atoms with Crippen molar-refractivity contribution in [2.45, 2.75) is 20.8 Å². The minimum atomic E-state index is -3.94. The Hall–Kier alpha value is 0.00688. The Morgan fingerprint density at radius 2 is 1.27 bits per heavy atom. The average Bonchev–Trinajstić information content (AvgIpc) is 2.18. The molecule has 0 radical (unpaired) electrons. The maximum Gasteiger partial charge on any atom is 0.667 e. The van der Waals surface area contributed by atoms with Gasteiger partial charge in [0.05, 0.1) is 7.11 Å². The summed E-state index contributed by atoms with van der Waals surface area (Å²) in [7, 11) is -6.65. The first kappa shape index (κ1) is 15.0. The highest BCUT2D eigenvalue weighted by Gasteiger charge is 2.57. The number of rotatable bonds is 8. The molecular weight excluding hydrogens is 240 g/mol. The fourth-order valence-corrected chi connectivity index (χ4v) is 5.89. The van der Waals surface area contributed by atoms with Gasteiger partial charge >= 0.3 is 17.5 Å². The quantitative estimate of drug-likeness (QED) is 0.591. The van der Waals surface area contributed by atoms with E-state index >= 15 is 0 Å². The van der Waals surface area contributed by atoms with Gasteiger partial charge in [-0.1, -0.05) is 0 Å². The lowest BCUT2D eigenvalue weighted by molar-refractivity contribution is 0.0892. The van der Waals surface area contributed by atoms with Crippen molar-refractivity contribution in [3.8, 4) is 0 Å². The number of hydrogen-bond acceptors (Lipinski definition) is 6. The monoisotopic (exact) mass is 258 g/mol. The van der Waals surface area contributed by atoms with Crippen molar-refractivity contribution >= 4 is 17.5 Å². The van der Waals surface area contributed by atoms with Crippen LogP contribution in [0.1, 0.15) is 20.8 Å². The van der Waals surface area contributed by atoms with E-state index in [1.54, 1.807) is 20.8 Å². The highest BCUT2D eigenvalue weighted by Crippen LogP contribution is 2.18. The van der Waals surface area contributed by atoms with Crippen LogP contribution in [0.25, 0.3) is 0 Å². The minimum Gasteiger partial charge on any atom is -0.361 e. The van der Waals surface area contributed by atoms with Crippen molar-refractivity contribution in [2.75, 3.05) is 26.9 Å². The third-order valence-electron chi connectivity index (χ3n) is 1.49. The molecule has 6 nitrogen and oxygen atoms in total. The summed E-state index contributed by atoms with van der Waals surface area (Å²) in [6.45, 7) is 5.58. The first-order chi connectivity index (χ1) is 6.99. The van der Waals surface area contributed by atoms with Gasteiger partial charge in [-0.3, -0.25) is 4.18 Å². The van der Waals surface area contributed by atoms with E-state index in [1.807, 2.05) is 0 Å². The summed E-state index contributed by atoms with van der Waals surface area (Å²) in [5.41, 5.74) is 0. The maximum absolute atomic E-state index is 11.7. The first-order valence-electron chi connectivity index (χ1n) is 4.71. The van der Waals surface area contributed by atoms with Gasteiger partial charge in [0.25, 0.3) is 0 Å². The molecule has 0 aromatic carbocycles. The van der Waals surface area contributed by atoms with Crippen LogP contribution in [-0.2, 0) is 27.0 Å².